The Balaban J connectivity index is 2.54. The number of alkyl halides is 1. The molecule has 2 rings (SSSR count). The first-order chi connectivity index (χ1) is 9.63. The number of aryl methyl sites for hydroxylation is 1. The first-order valence-corrected chi connectivity index (χ1v) is 6.54. The molecule has 0 fully saturated rings. The molecule has 1 heterocycles. The maximum Gasteiger partial charge on any atom is 0.203 e. The van der Waals surface area contributed by atoms with E-state index in [1.165, 1.54) is 0 Å². The Kier molecular flexibility index (Phi) is 4.45. The average molecular weight is 297 g/mol. The van der Waals surface area contributed by atoms with Gasteiger partial charge < -0.3 is 18.6 Å². The number of benzene rings is 1. The van der Waals surface area contributed by atoms with E-state index in [2.05, 4.69) is 0 Å². The zero-order chi connectivity index (χ0) is 14.7. The van der Waals surface area contributed by atoms with Crippen molar-refractivity contribution in [1.82, 2.24) is 0 Å². The van der Waals surface area contributed by atoms with Crippen LogP contribution in [0.3, 0.4) is 0 Å². The number of rotatable bonds is 5. The van der Waals surface area contributed by atoms with Gasteiger partial charge in [-0.15, -0.1) is 11.6 Å². The second kappa shape index (κ2) is 6.09. The zero-order valence-electron chi connectivity index (χ0n) is 11.9. The van der Waals surface area contributed by atoms with E-state index in [9.17, 15) is 0 Å². The summed E-state index contributed by atoms with van der Waals surface area (Å²) in [6, 6.07) is 5.52. The quantitative estimate of drug-likeness (QED) is 0.784. The van der Waals surface area contributed by atoms with Crippen molar-refractivity contribution in [2.75, 3.05) is 21.3 Å². The molecule has 5 heteroatoms. The molecule has 0 aliphatic rings. The molecule has 0 aliphatic carbocycles. The molecule has 0 saturated heterocycles. The van der Waals surface area contributed by atoms with Gasteiger partial charge in [-0.3, -0.25) is 0 Å². The van der Waals surface area contributed by atoms with Crippen LogP contribution >= 0.6 is 11.6 Å². The summed E-state index contributed by atoms with van der Waals surface area (Å²) >= 11 is 6.52. The van der Waals surface area contributed by atoms with Crippen LogP contribution in [0.25, 0.3) is 0 Å². The van der Waals surface area contributed by atoms with Gasteiger partial charge in [0.1, 0.15) is 11.1 Å². The number of hydrogen-bond acceptors (Lipinski definition) is 4. The monoisotopic (exact) mass is 296 g/mol. The normalized spacial score (nSPS) is 12.1. The third-order valence-corrected chi connectivity index (χ3v) is 3.57. The predicted octanol–water partition coefficient (Wildman–Crippen LogP) is 3.94. The summed E-state index contributed by atoms with van der Waals surface area (Å²) in [5.74, 6) is 2.34. The van der Waals surface area contributed by atoms with Gasteiger partial charge in [0.25, 0.3) is 0 Å². The van der Waals surface area contributed by atoms with Gasteiger partial charge in [-0.1, -0.05) is 0 Å². The van der Waals surface area contributed by atoms with Crippen molar-refractivity contribution in [3.63, 3.8) is 0 Å². The molecule has 1 atom stereocenters. The third kappa shape index (κ3) is 2.43. The van der Waals surface area contributed by atoms with Crippen molar-refractivity contribution in [2.24, 2.45) is 0 Å². The number of ether oxygens (including phenoxy) is 3. The van der Waals surface area contributed by atoms with Crippen LogP contribution < -0.4 is 14.2 Å². The fraction of sp³-hybridized carbons (Fsp3) is 0.333. The highest BCUT2D eigenvalue weighted by Crippen LogP contribution is 2.45. The average Bonchev–Trinajstić information content (AvgIpc) is 2.90. The van der Waals surface area contributed by atoms with E-state index in [-0.39, 0.29) is 0 Å². The van der Waals surface area contributed by atoms with Gasteiger partial charge >= 0.3 is 0 Å². The lowest BCUT2D eigenvalue weighted by Crippen LogP contribution is -2.01. The highest BCUT2D eigenvalue weighted by atomic mass is 35.5. The Morgan fingerprint density at radius 3 is 2.20 bits per heavy atom. The molecule has 4 nitrogen and oxygen atoms in total. The minimum atomic E-state index is -0.459. The van der Waals surface area contributed by atoms with Gasteiger partial charge in [-0.05, 0) is 30.7 Å². The topological polar surface area (TPSA) is 40.8 Å². The number of hydrogen-bond donors (Lipinski definition) is 0. The fourth-order valence-electron chi connectivity index (χ4n) is 2.11. The summed E-state index contributed by atoms with van der Waals surface area (Å²) in [7, 11) is 4.71. The first kappa shape index (κ1) is 14.6. The van der Waals surface area contributed by atoms with E-state index in [1.54, 1.807) is 33.7 Å². The van der Waals surface area contributed by atoms with Gasteiger partial charge in [0.15, 0.2) is 11.5 Å². The number of methoxy groups -OCH3 is 3. The molecule has 0 N–H and O–H groups in total. The highest BCUT2D eigenvalue weighted by molar-refractivity contribution is 6.22. The lowest BCUT2D eigenvalue weighted by atomic mass is 10.1. The van der Waals surface area contributed by atoms with Crippen LogP contribution in [0.15, 0.2) is 28.9 Å². The van der Waals surface area contributed by atoms with Crippen LogP contribution in [-0.4, -0.2) is 21.3 Å². The van der Waals surface area contributed by atoms with Gasteiger partial charge in [-0.25, -0.2) is 0 Å². The van der Waals surface area contributed by atoms with Crippen LogP contribution in [0.2, 0.25) is 0 Å². The summed E-state index contributed by atoms with van der Waals surface area (Å²) in [5.41, 5.74) is 1.76. The van der Waals surface area contributed by atoms with E-state index in [0.717, 1.165) is 11.1 Å². The van der Waals surface area contributed by atoms with Gasteiger partial charge in [0, 0.05) is 5.56 Å². The molecule has 1 aromatic heterocycles. The molecule has 2 aromatic rings. The molecule has 1 unspecified atom stereocenters. The van der Waals surface area contributed by atoms with Gasteiger partial charge in [0.05, 0.1) is 27.6 Å². The molecule has 0 bridgehead atoms. The molecule has 0 amide bonds. The molecule has 0 saturated carbocycles. The molecule has 0 spiro atoms. The van der Waals surface area contributed by atoms with E-state index in [1.807, 2.05) is 19.1 Å². The van der Waals surface area contributed by atoms with E-state index in [4.69, 9.17) is 30.2 Å². The summed E-state index contributed by atoms with van der Waals surface area (Å²) in [4.78, 5) is 0. The maximum absolute atomic E-state index is 6.52. The SMILES string of the molecule is COc1ccc(C(Cl)c2occc2C)c(OC)c1OC. The van der Waals surface area contributed by atoms with Crippen molar-refractivity contribution in [3.8, 4) is 17.2 Å². The lowest BCUT2D eigenvalue weighted by Gasteiger charge is -2.18. The van der Waals surface area contributed by atoms with Crippen LogP contribution in [0, 0.1) is 6.92 Å². The largest absolute Gasteiger partial charge is 0.493 e. The standard InChI is InChI=1S/C15H17ClO4/c1-9-7-8-20-13(9)12(16)10-5-6-11(17-2)15(19-4)14(10)18-3/h5-8,12H,1-4H3. The van der Waals surface area contributed by atoms with Gasteiger partial charge in [0.2, 0.25) is 5.75 Å². The summed E-state index contributed by atoms with van der Waals surface area (Å²) in [6.45, 7) is 1.95. The number of halogens is 1. The summed E-state index contributed by atoms with van der Waals surface area (Å²) in [6.07, 6.45) is 1.62. The minimum absolute atomic E-state index is 0.459. The number of furan rings is 1. The second-order valence-electron chi connectivity index (χ2n) is 4.25. The smallest absolute Gasteiger partial charge is 0.203 e. The summed E-state index contributed by atoms with van der Waals surface area (Å²) < 4.78 is 21.5. The minimum Gasteiger partial charge on any atom is -0.493 e. The van der Waals surface area contributed by atoms with Crippen LogP contribution in [0.4, 0.5) is 0 Å². The van der Waals surface area contributed by atoms with E-state index >= 15 is 0 Å². The van der Waals surface area contributed by atoms with Crippen molar-refractivity contribution < 1.29 is 18.6 Å². The predicted molar refractivity (Wildman–Crippen MR) is 77.2 cm³/mol. The second-order valence-corrected chi connectivity index (χ2v) is 4.69. The molecule has 0 aliphatic heterocycles. The lowest BCUT2D eigenvalue weighted by molar-refractivity contribution is 0.322. The molecular weight excluding hydrogens is 280 g/mol. The van der Waals surface area contributed by atoms with E-state index in [0.29, 0.717) is 23.0 Å². The Bertz CT molecular complexity index is 592. The fourth-order valence-corrected chi connectivity index (χ4v) is 2.50. The van der Waals surface area contributed by atoms with E-state index < -0.39 is 5.38 Å². The molecule has 20 heavy (non-hydrogen) atoms. The van der Waals surface area contributed by atoms with Crippen LogP contribution in [-0.2, 0) is 0 Å². The first-order valence-electron chi connectivity index (χ1n) is 6.11. The van der Waals surface area contributed by atoms with Crippen molar-refractivity contribution >= 4 is 11.6 Å². The summed E-state index contributed by atoms with van der Waals surface area (Å²) in [5, 5.41) is -0.459. The van der Waals surface area contributed by atoms with Crippen LogP contribution in [0.5, 0.6) is 17.2 Å². The van der Waals surface area contributed by atoms with Crippen molar-refractivity contribution in [2.45, 2.75) is 12.3 Å². The Hall–Kier alpha value is -1.81. The zero-order valence-corrected chi connectivity index (χ0v) is 12.7. The van der Waals surface area contributed by atoms with Gasteiger partial charge in [-0.2, -0.15) is 0 Å². The molecular formula is C15H17ClO4. The third-order valence-electron chi connectivity index (χ3n) is 3.14. The Morgan fingerprint density at radius 1 is 1.00 bits per heavy atom. The van der Waals surface area contributed by atoms with Crippen molar-refractivity contribution in [3.05, 3.63) is 41.3 Å². The Labute approximate surface area is 123 Å². The maximum atomic E-state index is 6.52. The molecule has 1 aromatic carbocycles. The molecule has 108 valence electrons. The Morgan fingerprint density at radius 2 is 1.70 bits per heavy atom. The van der Waals surface area contributed by atoms with Crippen LogP contribution in [0.1, 0.15) is 22.3 Å². The molecule has 0 radical (unpaired) electrons. The highest BCUT2D eigenvalue weighted by Gasteiger charge is 2.24. The van der Waals surface area contributed by atoms with Crippen molar-refractivity contribution in [1.29, 1.82) is 0 Å².